The summed E-state index contributed by atoms with van der Waals surface area (Å²) >= 11 is 0. The summed E-state index contributed by atoms with van der Waals surface area (Å²) in [6.45, 7) is 11.3. The quantitative estimate of drug-likeness (QED) is 0.473. The molecule has 5 heteroatoms. The molecule has 3 aliphatic rings. The van der Waals surface area contributed by atoms with Crippen molar-refractivity contribution >= 4 is 11.9 Å². The van der Waals surface area contributed by atoms with Gasteiger partial charge in [0.05, 0.1) is 6.10 Å². The number of allylic oxidation sites excluding steroid dienone is 1. The molecule has 6 atom stereocenters. The zero-order valence-electron chi connectivity index (χ0n) is 15.2. The van der Waals surface area contributed by atoms with E-state index in [-0.39, 0.29) is 29.9 Å². The molecule has 0 spiro atoms. The summed E-state index contributed by atoms with van der Waals surface area (Å²) in [5.74, 6) is -1.14. The Hall–Kier alpha value is -1.88. The van der Waals surface area contributed by atoms with Crippen LogP contribution in [0.1, 0.15) is 40.5 Å². The molecule has 0 bridgehead atoms. The molecule has 3 rings (SSSR count). The fourth-order valence-corrected chi connectivity index (χ4v) is 4.62. The number of esters is 2. The predicted molar refractivity (Wildman–Crippen MR) is 92.4 cm³/mol. The monoisotopic (exact) mass is 346 g/mol. The molecule has 0 radical (unpaired) electrons. The Labute approximate surface area is 148 Å². The Kier molecular flexibility index (Phi) is 4.40. The molecule has 0 aromatic carbocycles. The summed E-state index contributed by atoms with van der Waals surface area (Å²) in [5.41, 5.74) is 1.33. The summed E-state index contributed by atoms with van der Waals surface area (Å²) in [6.07, 6.45) is 3.15. The van der Waals surface area contributed by atoms with Gasteiger partial charge in [0, 0.05) is 34.8 Å². The van der Waals surface area contributed by atoms with Crippen LogP contribution in [0.4, 0.5) is 0 Å². The molecule has 0 aromatic rings. The van der Waals surface area contributed by atoms with Crippen LogP contribution < -0.4 is 0 Å². The molecular weight excluding hydrogens is 320 g/mol. The second kappa shape index (κ2) is 6.13. The fourth-order valence-electron chi connectivity index (χ4n) is 4.62. The Bertz CT molecular complexity index is 688. The minimum absolute atomic E-state index is 0.185. The molecule has 1 N–H and O–H groups in total. The summed E-state index contributed by atoms with van der Waals surface area (Å²) < 4.78 is 11.4. The van der Waals surface area contributed by atoms with Crippen LogP contribution >= 0.6 is 0 Å². The van der Waals surface area contributed by atoms with Gasteiger partial charge in [-0.2, -0.15) is 0 Å². The van der Waals surface area contributed by atoms with Crippen molar-refractivity contribution in [1.82, 2.24) is 0 Å². The lowest BCUT2D eigenvalue weighted by Gasteiger charge is -2.54. The van der Waals surface area contributed by atoms with Gasteiger partial charge in [0.2, 0.25) is 0 Å². The largest absolute Gasteiger partial charge is 0.458 e. The van der Waals surface area contributed by atoms with E-state index < -0.39 is 17.6 Å². The van der Waals surface area contributed by atoms with E-state index in [9.17, 15) is 14.7 Å². The first-order valence-electron chi connectivity index (χ1n) is 8.80. The smallest absolute Gasteiger partial charge is 0.334 e. The third-order valence-corrected chi connectivity index (χ3v) is 6.39. The minimum Gasteiger partial charge on any atom is -0.458 e. The number of aliphatic hydroxyl groups excluding tert-OH is 1. The van der Waals surface area contributed by atoms with E-state index in [0.717, 1.165) is 5.57 Å². The number of fused-ring (bicyclic) bond motifs is 3. The lowest BCUT2D eigenvalue weighted by Crippen LogP contribution is -2.60. The lowest BCUT2D eigenvalue weighted by atomic mass is 9.54. The van der Waals surface area contributed by atoms with Gasteiger partial charge in [0.1, 0.15) is 12.2 Å². The maximum absolute atomic E-state index is 12.3. The third-order valence-electron chi connectivity index (χ3n) is 6.39. The Balaban J connectivity index is 1.98. The van der Waals surface area contributed by atoms with Gasteiger partial charge in [-0.25, -0.2) is 9.59 Å². The van der Waals surface area contributed by atoms with Crippen LogP contribution in [-0.2, 0) is 19.1 Å². The van der Waals surface area contributed by atoms with E-state index in [1.807, 2.05) is 19.9 Å². The molecule has 136 valence electrons. The first kappa shape index (κ1) is 17.9. The second-order valence-electron chi connectivity index (χ2n) is 7.65. The molecule has 25 heavy (non-hydrogen) atoms. The van der Waals surface area contributed by atoms with Crippen molar-refractivity contribution in [2.24, 2.45) is 17.3 Å². The highest BCUT2D eigenvalue weighted by molar-refractivity contribution is 5.91. The van der Waals surface area contributed by atoms with Crippen molar-refractivity contribution < 1.29 is 24.2 Å². The van der Waals surface area contributed by atoms with Gasteiger partial charge in [0.25, 0.3) is 0 Å². The highest BCUT2D eigenvalue weighted by atomic mass is 16.6. The Morgan fingerprint density at radius 1 is 1.52 bits per heavy atom. The van der Waals surface area contributed by atoms with Crippen LogP contribution in [0.15, 0.2) is 35.5 Å². The van der Waals surface area contributed by atoms with Crippen LogP contribution in [0, 0.1) is 17.3 Å². The molecule has 0 aromatic heterocycles. The molecule has 1 heterocycles. The van der Waals surface area contributed by atoms with Crippen LogP contribution in [0.3, 0.4) is 0 Å². The van der Waals surface area contributed by atoms with Crippen LogP contribution in [0.2, 0.25) is 0 Å². The number of ether oxygens (including phenoxy) is 2. The Morgan fingerprint density at radius 2 is 2.20 bits per heavy atom. The van der Waals surface area contributed by atoms with Crippen LogP contribution in [0.5, 0.6) is 0 Å². The van der Waals surface area contributed by atoms with Crippen molar-refractivity contribution in [2.75, 3.05) is 0 Å². The highest BCUT2D eigenvalue weighted by Gasteiger charge is 2.62. The number of carbonyl (C=O) groups is 2. The third kappa shape index (κ3) is 2.56. The highest BCUT2D eigenvalue weighted by Crippen LogP contribution is 2.57. The van der Waals surface area contributed by atoms with Crippen molar-refractivity contribution in [3.05, 3.63) is 35.5 Å². The summed E-state index contributed by atoms with van der Waals surface area (Å²) in [4.78, 5) is 24.3. The molecule has 0 unspecified atom stereocenters. The first-order valence-corrected chi connectivity index (χ1v) is 8.80. The summed E-state index contributed by atoms with van der Waals surface area (Å²) in [5, 5.41) is 11.0. The predicted octanol–water partition coefficient (Wildman–Crippen LogP) is 2.70. The number of aliphatic hydroxyl groups is 1. The van der Waals surface area contributed by atoms with Gasteiger partial charge in [-0.3, -0.25) is 0 Å². The average Bonchev–Trinajstić information content (AvgIpc) is 2.84. The van der Waals surface area contributed by atoms with Crippen molar-refractivity contribution in [1.29, 1.82) is 0 Å². The lowest BCUT2D eigenvalue weighted by molar-refractivity contribution is -0.187. The van der Waals surface area contributed by atoms with Gasteiger partial charge in [-0.05, 0) is 27.2 Å². The standard InChI is InChI=1S/C20H26O5/c1-6-10(2)18(22)24-15-8-7-11(3)16-17-13(12(4)19(23)25-17)9-14(21)20(15,16)5/h6-7,13-17,21H,4,8-9H2,1-3,5H3/b10-6+/t13-,14+,15+,16+,17-,20-/m0/s1. The SMILES string of the molecule is C=C1C(=O)O[C@@H]2[C@H]3C(C)=CC[C@@H](OC(=O)/C(C)=C/C)[C@]3(C)[C@H](O)C[C@@H]12. The van der Waals surface area contributed by atoms with Crippen LogP contribution in [0.25, 0.3) is 0 Å². The number of hydrogen-bond donors (Lipinski definition) is 1. The molecular formula is C20H26O5. The van der Waals surface area contributed by atoms with Crippen molar-refractivity contribution in [3.63, 3.8) is 0 Å². The summed E-state index contributed by atoms with van der Waals surface area (Å²) in [6, 6.07) is 0. The number of hydrogen-bond acceptors (Lipinski definition) is 5. The average molecular weight is 346 g/mol. The van der Waals surface area contributed by atoms with Gasteiger partial charge in [-0.1, -0.05) is 31.2 Å². The van der Waals surface area contributed by atoms with Gasteiger partial charge in [0.15, 0.2) is 0 Å². The molecule has 0 amide bonds. The molecule has 1 saturated carbocycles. The van der Waals surface area contributed by atoms with Crippen molar-refractivity contribution in [3.8, 4) is 0 Å². The molecule has 1 saturated heterocycles. The van der Waals surface area contributed by atoms with E-state index in [1.54, 1.807) is 19.9 Å². The zero-order chi connectivity index (χ0) is 18.5. The maximum Gasteiger partial charge on any atom is 0.334 e. The van der Waals surface area contributed by atoms with E-state index in [2.05, 4.69) is 6.58 Å². The van der Waals surface area contributed by atoms with Gasteiger partial charge < -0.3 is 14.6 Å². The number of carbonyl (C=O) groups excluding carboxylic acids is 2. The van der Waals surface area contributed by atoms with E-state index in [1.165, 1.54) is 0 Å². The van der Waals surface area contributed by atoms with E-state index >= 15 is 0 Å². The number of rotatable bonds is 2. The molecule has 5 nitrogen and oxygen atoms in total. The maximum atomic E-state index is 12.3. The summed E-state index contributed by atoms with van der Waals surface area (Å²) in [7, 11) is 0. The normalized spacial score (nSPS) is 40.8. The minimum atomic E-state index is -0.711. The van der Waals surface area contributed by atoms with Crippen molar-refractivity contribution in [2.45, 2.75) is 58.8 Å². The van der Waals surface area contributed by atoms with Crippen LogP contribution in [-0.4, -0.2) is 35.4 Å². The topological polar surface area (TPSA) is 72.8 Å². The van der Waals surface area contributed by atoms with Gasteiger partial charge in [-0.15, -0.1) is 0 Å². The molecule has 2 fully saturated rings. The fraction of sp³-hybridized carbons (Fsp3) is 0.600. The molecule has 1 aliphatic heterocycles. The second-order valence-corrected chi connectivity index (χ2v) is 7.65. The zero-order valence-corrected chi connectivity index (χ0v) is 15.2. The molecule has 2 aliphatic carbocycles. The Morgan fingerprint density at radius 3 is 2.84 bits per heavy atom. The van der Waals surface area contributed by atoms with E-state index in [4.69, 9.17) is 9.47 Å². The first-order chi connectivity index (χ1) is 11.7. The van der Waals surface area contributed by atoms with E-state index in [0.29, 0.717) is 24.0 Å². The van der Waals surface area contributed by atoms with Gasteiger partial charge >= 0.3 is 11.9 Å².